The van der Waals surface area contributed by atoms with Crippen LogP contribution >= 0.6 is 11.6 Å². The lowest BCUT2D eigenvalue weighted by molar-refractivity contribution is 0.141. The molecule has 2 aliphatic rings. The molecule has 0 saturated carbocycles. The SMILES string of the molecule is CC[C@H]1C[C@@H](c2nc3cc(C)ccc3o2)CCN1c1nc(=O)n(C)c2cc(O[C@@H]3CCOC3)c(Cl)cc12. The lowest BCUT2D eigenvalue weighted by atomic mass is 9.89. The highest BCUT2D eigenvalue weighted by Crippen LogP contribution is 2.39. The van der Waals surface area contributed by atoms with Crippen LogP contribution in [0.3, 0.4) is 0 Å². The number of fused-ring (bicyclic) bond motifs is 2. The molecule has 2 aromatic carbocycles. The van der Waals surface area contributed by atoms with Crippen LogP contribution in [0.25, 0.3) is 22.0 Å². The summed E-state index contributed by atoms with van der Waals surface area (Å²) in [5, 5.41) is 1.35. The largest absolute Gasteiger partial charge is 0.486 e. The van der Waals surface area contributed by atoms with E-state index in [-0.39, 0.29) is 23.8 Å². The highest BCUT2D eigenvalue weighted by molar-refractivity contribution is 6.33. The summed E-state index contributed by atoms with van der Waals surface area (Å²) in [4.78, 5) is 24.5. The molecule has 0 radical (unpaired) electrons. The van der Waals surface area contributed by atoms with Crippen LogP contribution in [0, 0.1) is 6.92 Å². The second-order valence-corrected chi connectivity index (χ2v) is 10.6. The minimum Gasteiger partial charge on any atom is -0.486 e. The summed E-state index contributed by atoms with van der Waals surface area (Å²) < 4.78 is 19.2. The fourth-order valence-corrected chi connectivity index (χ4v) is 5.80. The second kappa shape index (κ2) is 9.65. The van der Waals surface area contributed by atoms with Crippen LogP contribution in [-0.4, -0.2) is 46.4 Å². The van der Waals surface area contributed by atoms with Crippen LogP contribution in [0.4, 0.5) is 5.82 Å². The first-order chi connectivity index (χ1) is 17.9. The van der Waals surface area contributed by atoms with E-state index in [0.29, 0.717) is 29.8 Å². The quantitative estimate of drug-likeness (QED) is 0.348. The number of hydrogen-bond acceptors (Lipinski definition) is 7. The van der Waals surface area contributed by atoms with Crippen molar-refractivity contribution in [1.29, 1.82) is 0 Å². The Bertz CT molecular complexity index is 1520. The molecule has 9 heteroatoms. The number of hydrogen-bond donors (Lipinski definition) is 0. The molecule has 2 aromatic heterocycles. The van der Waals surface area contributed by atoms with Crippen molar-refractivity contribution in [2.45, 2.75) is 57.6 Å². The summed E-state index contributed by atoms with van der Waals surface area (Å²) in [5.74, 6) is 2.24. The van der Waals surface area contributed by atoms with Gasteiger partial charge in [0.15, 0.2) is 11.5 Å². The van der Waals surface area contributed by atoms with Gasteiger partial charge in [-0.1, -0.05) is 24.6 Å². The zero-order valence-electron chi connectivity index (χ0n) is 21.4. The van der Waals surface area contributed by atoms with Crippen LogP contribution in [0.5, 0.6) is 5.75 Å². The van der Waals surface area contributed by atoms with Crippen LogP contribution in [-0.2, 0) is 11.8 Å². The molecule has 0 N–H and O–H groups in total. The van der Waals surface area contributed by atoms with Gasteiger partial charge in [-0.3, -0.25) is 4.57 Å². The Morgan fingerprint density at radius 2 is 2.05 bits per heavy atom. The summed E-state index contributed by atoms with van der Waals surface area (Å²) in [5.41, 5.74) is 3.35. The molecule has 2 fully saturated rings. The number of aromatic nitrogens is 3. The van der Waals surface area contributed by atoms with E-state index in [9.17, 15) is 4.79 Å². The normalized spacial score (nSPS) is 22.3. The lowest BCUT2D eigenvalue weighted by Gasteiger charge is -2.39. The van der Waals surface area contributed by atoms with E-state index in [1.54, 1.807) is 11.6 Å². The predicted octanol–water partition coefficient (Wildman–Crippen LogP) is 5.37. The summed E-state index contributed by atoms with van der Waals surface area (Å²) >= 11 is 6.69. The molecule has 4 aromatic rings. The van der Waals surface area contributed by atoms with Crippen LogP contribution in [0.15, 0.2) is 39.5 Å². The predicted molar refractivity (Wildman–Crippen MR) is 144 cm³/mol. The van der Waals surface area contributed by atoms with Crippen molar-refractivity contribution in [1.82, 2.24) is 14.5 Å². The lowest BCUT2D eigenvalue weighted by Crippen LogP contribution is -2.43. The van der Waals surface area contributed by atoms with E-state index in [2.05, 4.69) is 29.8 Å². The van der Waals surface area contributed by atoms with Gasteiger partial charge in [-0.05, 0) is 49.9 Å². The number of piperidine rings is 1. The highest BCUT2D eigenvalue weighted by Gasteiger charge is 2.33. The van der Waals surface area contributed by atoms with E-state index in [0.717, 1.165) is 60.1 Å². The molecule has 8 nitrogen and oxygen atoms in total. The van der Waals surface area contributed by atoms with Crippen LogP contribution in [0.1, 0.15) is 50.0 Å². The van der Waals surface area contributed by atoms with Crippen molar-refractivity contribution in [3.05, 3.63) is 57.3 Å². The van der Waals surface area contributed by atoms with Gasteiger partial charge in [0, 0.05) is 43.4 Å². The average Bonchev–Trinajstić information content (AvgIpc) is 3.56. The topological polar surface area (TPSA) is 82.6 Å². The molecule has 0 aliphatic carbocycles. The van der Waals surface area contributed by atoms with Gasteiger partial charge in [-0.2, -0.15) is 4.98 Å². The first-order valence-corrected chi connectivity index (χ1v) is 13.4. The molecule has 0 unspecified atom stereocenters. The third-order valence-corrected chi connectivity index (χ3v) is 7.99. The van der Waals surface area contributed by atoms with Crippen molar-refractivity contribution in [3.8, 4) is 5.75 Å². The molecule has 2 aliphatic heterocycles. The monoisotopic (exact) mass is 522 g/mol. The smallest absolute Gasteiger partial charge is 0.349 e. The summed E-state index contributed by atoms with van der Waals surface area (Å²) in [6, 6.07) is 10.0. The number of benzene rings is 2. The molecule has 2 saturated heterocycles. The average molecular weight is 523 g/mol. The second-order valence-electron chi connectivity index (χ2n) is 10.2. The molecule has 0 bridgehead atoms. The van der Waals surface area contributed by atoms with Gasteiger partial charge in [0.25, 0.3) is 0 Å². The highest BCUT2D eigenvalue weighted by atomic mass is 35.5. The zero-order chi connectivity index (χ0) is 25.7. The van der Waals surface area contributed by atoms with Crippen molar-refractivity contribution >= 4 is 39.4 Å². The standard InChI is InChI=1S/C28H31ClN4O4/c1-4-18-12-17(27-30-22-11-16(2)5-6-24(22)37-27)7-9-33(18)26-20-13-21(29)25(36-19-8-10-35-15-19)14-23(20)32(3)28(34)31-26/h5-6,11,13-14,17-19H,4,7-10,12,15H2,1-3H3/t17-,18-,19+/m0/s1. The molecular weight excluding hydrogens is 492 g/mol. The van der Waals surface area contributed by atoms with Crippen molar-refractivity contribution in [2.75, 3.05) is 24.7 Å². The molecule has 0 amide bonds. The number of anilines is 1. The third-order valence-electron chi connectivity index (χ3n) is 7.69. The molecule has 194 valence electrons. The maximum atomic E-state index is 13.0. The van der Waals surface area contributed by atoms with E-state index in [4.69, 9.17) is 30.5 Å². The first-order valence-electron chi connectivity index (χ1n) is 13.0. The fraction of sp³-hybridized carbons (Fsp3) is 0.464. The zero-order valence-corrected chi connectivity index (χ0v) is 22.1. The van der Waals surface area contributed by atoms with Gasteiger partial charge >= 0.3 is 5.69 Å². The Morgan fingerprint density at radius 3 is 2.84 bits per heavy atom. The Hall–Kier alpha value is -3.10. The fourth-order valence-electron chi connectivity index (χ4n) is 5.59. The summed E-state index contributed by atoms with van der Waals surface area (Å²) in [7, 11) is 1.73. The van der Waals surface area contributed by atoms with Gasteiger partial charge in [-0.25, -0.2) is 9.78 Å². The van der Waals surface area contributed by atoms with Gasteiger partial charge in [0.05, 0.1) is 23.8 Å². The van der Waals surface area contributed by atoms with E-state index in [1.807, 2.05) is 24.3 Å². The maximum Gasteiger partial charge on any atom is 0.349 e. The molecule has 0 spiro atoms. The summed E-state index contributed by atoms with van der Waals surface area (Å²) in [6.45, 7) is 6.19. The van der Waals surface area contributed by atoms with Gasteiger partial charge in [0.1, 0.15) is 23.2 Å². The maximum absolute atomic E-state index is 13.0. The number of ether oxygens (including phenoxy) is 2. The number of aryl methyl sites for hydroxylation is 2. The first kappa shape index (κ1) is 24.2. The Morgan fingerprint density at radius 1 is 1.19 bits per heavy atom. The number of nitrogens with zero attached hydrogens (tertiary/aromatic N) is 4. The van der Waals surface area contributed by atoms with Gasteiger partial charge < -0.3 is 18.8 Å². The molecule has 3 atom stereocenters. The number of halogens is 1. The van der Waals surface area contributed by atoms with Crippen molar-refractivity contribution in [3.63, 3.8) is 0 Å². The number of oxazole rings is 1. The van der Waals surface area contributed by atoms with Gasteiger partial charge in [-0.15, -0.1) is 0 Å². The molecule has 6 rings (SSSR count). The van der Waals surface area contributed by atoms with Crippen LogP contribution < -0.4 is 15.3 Å². The van der Waals surface area contributed by atoms with Crippen molar-refractivity contribution < 1.29 is 13.9 Å². The van der Waals surface area contributed by atoms with Gasteiger partial charge in [0.2, 0.25) is 0 Å². The Balaban J connectivity index is 1.33. The minimum absolute atomic E-state index is 0.0347. The Labute approximate surface area is 220 Å². The molecule has 4 heterocycles. The van der Waals surface area contributed by atoms with Crippen molar-refractivity contribution in [2.24, 2.45) is 7.05 Å². The van der Waals surface area contributed by atoms with Crippen LogP contribution in [0.2, 0.25) is 5.02 Å². The minimum atomic E-state index is -0.300. The molecular formula is C28H31ClN4O4. The van der Waals surface area contributed by atoms with E-state index < -0.39 is 0 Å². The third kappa shape index (κ3) is 4.46. The number of rotatable bonds is 5. The summed E-state index contributed by atoms with van der Waals surface area (Å²) in [6.07, 6.45) is 3.42. The van der Waals surface area contributed by atoms with E-state index >= 15 is 0 Å². The van der Waals surface area contributed by atoms with E-state index in [1.165, 1.54) is 5.56 Å². The molecule has 37 heavy (non-hydrogen) atoms. The Kier molecular flexibility index (Phi) is 6.32.